The minimum Gasteiger partial charge on any atom is -0.383 e. The Morgan fingerprint density at radius 2 is 2.11 bits per heavy atom. The number of hydrogen-bond acceptors (Lipinski definition) is 6. The molecule has 1 aromatic carbocycles. The number of rotatable bonds is 5. The summed E-state index contributed by atoms with van der Waals surface area (Å²) < 4.78 is 0. The van der Waals surface area contributed by atoms with Gasteiger partial charge in [0.25, 0.3) is 5.91 Å². The number of benzene rings is 1. The monoisotopic (exact) mass is 395 g/mol. The molecule has 0 aliphatic carbocycles. The number of pyridine rings is 1. The van der Waals surface area contributed by atoms with Gasteiger partial charge in [0, 0.05) is 35.2 Å². The number of fused-ring (bicyclic) bond motifs is 1. The molecule has 4 rings (SSSR count). The molecule has 1 saturated heterocycles. The minimum atomic E-state index is -0.0456. The molecule has 1 amide bonds. The molecule has 3 aromatic rings. The zero-order valence-corrected chi connectivity index (χ0v) is 16.8. The van der Waals surface area contributed by atoms with Crippen molar-refractivity contribution in [2.45, 2.75) is 25.4 Å². The van der Waals surface area contributed by atoms with Crippen LogP contribution in [0.1, 0.15) is 28.1 Å². The average Bonchev–Trinajstić information content (AvgIpc) is 3.17. The van der Waals surface area contributed by atoms with Crippen LogP contribution in [0.4, 0.5) is 11.5 Å². The number of anilines is 2. The molecule has 0 saturated carbocycles. The summed E-state index contributed by atoms with van der Waals surface area (Å²) >= 11 is 1.48. The summed E-state index contributed by atoms with van der Waals surface area (Å²) in [5.74, 6) is 0.479. The van der Waals surface area contributed by atoms with Gasteiger partial charge in [-0.2, -0.15) is 0 Å². The SMILES string of the molecule is CN1CCC(Nc2csc(C(=O)NCc3ccc4c(N)nccc4c3)c2)CC1. The van der Waals surface area contributed by atoms with Crippen molar-refractivity contribution < 1.29 is 4.79 Å². The van der Waals surface area contributed by atoms with E-state index < -0.39 is 0 Å². The van der Waals surface area contributed by atoms with Crippen LogP contribution in [0.5, 0.6) is 0 Å². The van der Waals surface area contributed by atoms with Crippen LogP contribution in [0.15, 0.2) is 41.9 Å². The van der Waals surface area contributed by atoms with Crippen molar-refractivity contribution in [1.29, 1.82) is 0 Å². The summed E-state index contributed by atoms with van der Waals surface area (Å²) in [5, 5.41) is 10.6. The van der Waals surface area contributed by atoms with Gasteiger partial charge in [-0.1, -0.05) is 12.1 Å². The van der Waals surface area contributed by atoms with E-state index >= 15 is 0 Å². The van der Waals surface area contributed by atoms with Crippen LogP contribution in [0, 0.1) is 0 Å². The number of carbonyl (C=O) groups is 1. The number of nitrogens with one attached hydrogen (secondary N) is 2. The maximum Gasteiger partial charge on any atom is 0.261 e. The molecule has 1 aliphatic rings. The fourth-order valence-corrected chi connectivity index (χ4v) is 4.31. The average molecular weight is 396 g/mol. The molecular weight excluding hydrogens is 370 g/mol. The normalized spacial score (nSPS) is 15.6. The lowest BCUT2D eigenvalue weighted by molar-refractivity contribution is 0.0955. The third kappa shape index (κ3) is 4.26. The Morgan fingerprint density at radius 1 is 1.29 bits per heavy atom. The number of piperidine rings is 1. The van der Waals surface area contributed by atoms with E-state index in [-0.39, 0.29) is 5.91 Å². The van der Waals surface area contributed by atoms with Crippen LogP contribution in [-0.2, 0) is 6.54 Å². The lowest BCUT2D eigenvalue weighted by atomic mass is 10.1. The summed E-state index contributed by atoms with van der Waals surface area (Å²) in [4.78, 5) is 19.7. The Morgan fingerprint density at radius 3 is 2.93 bits per heavy atom. The number of nitrogen functional groups attached to an aromatic ring is 1. The van der Waals surface area contributed by atoms with Crippen LogP contribution in [0.25, 0.3) is 10.8 Å². The molecule has 0 atom stereocenters. The first-order chi connectivity index (χ1) is 13.6. The Labute approximate surface area is 168 Å². The third-order valence-electron chi connectivity index (χ3n) is 5.23. The summed E-state index contributed by atoms with van der Waals surface area (Å²) in [6.07, 6.45) is 3.97. The van der Waals surface area contributed by atoms with E-state index in [0.717, 1.165) is 52.8 Å². The van der Waals surface area contributed by atoms with Crippen molar-refractivity contribution in [2.24, 2.45) is 0 Å². The van der Waals surface area contributed by atoms with Crippen LogP contribution >= 0.6 is 11.3 Å². The predicted molar refractivity (Wildman–Crippen MR) is 116 cm³/mol. The Balaban J connectivity index is 1.34. The molecule has 0 bridgehead atoms. The molecule has 28 heavy (non-hydrogen) atoms. The van der Waals surface area contributed by atoms with Crippen molar-refractivity contribution in [2.75, 3.05) is 31.2 Å². The second-order valence-electron chi connectivity index (χ2n) is 7.36. The van der Waals surface area contributed by atoms with Crippen LogP contribution in [0.3, 0.4) is 0 Å². The first-order valence-corrected chi connectivity index (χ1v) is 10.4. The lowest BCUT2D eigenvalue weighted by Crippen LogP contribution is -2.36. The highest BCUT2D eigenvalue weighted by Crippen LogP contribution is 2.23. The fraction of sp³-hybridized carbons (Fsp3) is 0.333. The molecule has 4 N–H and O–H groups in total. The zero-order valence-electron chi connectivity index (χ0n) is 15.9. The van der Waals surface area contributed by atoms with E-state index in [0.29, 0.717) is 18.4 Å². The fourth-order valence-electron chi connectivity index (χ4n) is 3.55. The second-order valence-corrected chi connectivity index (χ2v) is 8.27. The van der Waals surface area contributed by atoms with Crippen LogP contribution < -0.4 is 16.4 Å². The van der Waals surface area contributed by atoms with Gasteiger partial charge in [0.15, 0.2) is 0 Å². The number of amides is 1. The Kier molecular flexibility index (Phi) is 5.45. The maximum absolute atomic E-state index is 12.5. The predicted octanol–water partition coefficient (Wildman–Crippen LogP) is 3.31. The molecule has 6 nitrogen and oxygen atoms in total. The quantitative estimate of drug-likeness (QED) is 0.617. The van der Waals surface area contributed by atoms with Gasteiger partial charge in [0.2, 0.25) is 0 Å². The lowest BCUT2D eigenvalue weighted by Gasteiger charge is -2.29. The standard InChI is InChI=1S/C21H25N5OS/c1-26-8-5-16(6-9-26)25-17-11-19(28-13-17)21(27)24-12-14-2-3-18-15(10-14)4-7-23-20(18)22/h2-4,7,10-11,13,16,25H,5-6,8-9,12H2,1H3,(H2,22,23)(H,24,27). The van der Waals surface area contributed by atoms with E-state index in [2.05, 4.69) is 27.6 Å². The number of hydrogen-bond donors (Lipinski definition) is 3. The molecule has 0 unspecified atom stereocenters. The van der Waals surface area contributed by atoms with Crippen LogP contribution in [-0.4, -0.2) is 42.0 Å². The van der Waals surface area contributed by atoms with Crippen LogP contribution in [0.2, 0.25) is 0 Å². The minimum absolute atomic E-state index is 0.0456. The number of thiophene rings is 1. The number of aromatic nitrogens is 1. The van der Waals surface area contributed by atoms with Gasteiger partial charge in [-0.25, -0.2) is 4.98 Å². The van der Waals surface area contributed by atoms with Gasteiger partial charge < -0.3 is 21.3 Å². The topological polar surface area (TPSA) is 83.3 Å². The third-order valence-corrected chi connectivity index (χ3v) is 6.15. The Bertz CT molecular complexity index is 978. The van der Waals surface area contributed by atoms with E-state index in [1.165, 1.54) is 11.3 Å². The second kappa shape index (κ2) is 8.16. The smallest absolute Gasteiger partial charge is 0.261 e. The highest BCUT2D eigenvalue weighted by Gasteiger charge is 2.17. The molecule has 1 aliphatic heterocycles. The number of nitrogens with two attached hydrogens (primary N) is 1. The van der Waals surface area contributed by atoms with Crippen molar-refractivity contribution in [3.05, 3.63) is 52.3 Å². The first-order valence-electron chi connectivity index (χ1n) is 9.53. The molecule has 0 spiro atoms. The number of nitrogens with zero attached hydrogens (tertiary/aromatic N) is 2. The maximum atomic E-state index is 12.5. The molecule has 2 aromatic heterocycles. The van der Waals surface area contributed by atoms with E-state index in [1.807, 2.05) is 35.7 Å². The van der Waals surface area contributed by atoms with E-state index in [1.54, 1.807) is 6.20 Å². The molecular formula is C21H25N5OS. The first kappa shape index (κ1) is 18.7. The van der Waals surface area contributed by atoms with Crippen molar-refractivity contribution in [1.82, 2.24) is 15.2 Å². The number of likely N-dealkylation sites (tertiary alicyclic amines) is 1. The number of carbonyl (C=O) groups excluding carboxylic acids is 1. The Hall–Kier alpha value is -2.64. The van der Waals surface area contributed by atoms with Gasteiger partial charge in [0.1, 0.15) is 5.82 Å². The highest BCUT2D eigenvalue weighted by molar-refractivity contribution is 7.12. The van der Waals surface area contributed by atoms with Gasteiger partial charge in [-0.15, -0.1) is 11.3 Å². The summed E-state index contributed by atoms with van der Waals surface area (Å²) in [6, 6.07) is 10.3. The molecule has 3 heterocycles. The summed E-state index contributed by atoms with van der Waals surface area (Å²) in [7, 11) is 2.16. The van der Waals surface area contributed by atoms with Gasteiger partial charge in [-0.3, -0.25) is 4.79 Å². The summed E-state index contributed by atoms with van der Waals surface area (Å²) in [6.45, 7) is 2.71. The van der Waals surface area contributed by atoms with Gasteiger partial charge in [-0.05, 0) is 62.1 Å². The molecule has 146 valence electrons. The van der Waals surface area contributed by atoms with Crippen molar-refractivity contribution >= 4 is 39.5 Å². The largest absolute Gasteiger partial charge is 0.383 e. The van der Waals surface area contributed by atoms with E-state index in [9.17, 15) is 4.79 Å². The van der Waals surface area contributed by atoms with Crippen molar-refractivity contribution in [3.63, 3.8) is 0 Å². The van der Waals surface area contributed by atoms with Gasteiger partial charge in [0.05, 0.1) is 4.88 Å². The zero-order chi connectivity index (χ0) is 19.5. The highest BCUT2D eigenvalue weighted by atomic mass is 32.1. The van der Waals surface area contributed by atoms with E-state index in [4.69, 9.17) is 5.73 Å². The van der Waals surface area contributed by atoms with Gasteiger partial charge >= 0.3 is 0 Å². The molecule has 0 radical (unpaired) electrons. The summed E-state index contributed by atoms with van der Waals surface area (Å²) in [5.41, 5.74) is 7.97. The molecule has 1 fully saturated rings. The molecule has 7 heteroatoms. The van der Waals surface area contributed by atoms with Crippen molar-refractivity contribution in [3.8, 4) is 0 Å².